The first-order valence-corrected chi connectivity index (χ1v) is 5.98. The fourth-order valence-electron chi connectivity index (χ4n) is 2.11. The lowest BCUT2D eigenvalue weighted by Gasteiger charge is -2.29. The predicted octanol–water partition coefficient (Wildman–Crippen LogP) is 1.71. The zero-order chi connectivity index (χ0) is 14.0. The highest BCUT2D eigenvalue weighted by molar-refractivity contribution is 6.01. The molecule has 1 aromatic carbocycles. The van der Waals surface area contributed by atoms with Gasteiger partial charge in [0.2, 0.25) is 0 Å². The molecule has 102 valence electrons. The van der Waals surface area contributed by atoms with E-state index in [2.05, 4.69) is 5.32 Å². The van der Waals surface area contributed by atoms with Gasteiger partial charge in [-0.25, -0.2) is 0 Å². The van der Waals surface area contributed by atoms with Gasteiger partial charge in [0, 0.05) is 36.5 Å². The minimum atomic E-state index is -1.22. The van der Waals surface area contributed by atoms with E-state index in [9.17, 15) is 10.1 Å². The fraction of sp³-hybridized carbons (Fsp3) is 0.417. The summed E-state index contributed by atoms with van der Waals surface area (Å²) in [6.45, 7) is 4.40. The van der Waals surface area contributed by atoms with Gasteiger partial charge in [0.25, 0.3) is 11.6 Å². The average Bonchev–Trinajstić information content (AvgIpc) is 2.63. The van der Waals surface area contributed by atoms with Crippen molar-refractivity contribution in [1.29, 1.82) is 5.41 Å². The van der Waals surface area contributed by atoms with Crippen LogP contribution in [0.1, 0.15) is 25.0 Å². The highest BCUT2D eigenvalue weighted by Gasteiger charge is 2.44. The SMILES string of the molecule is CCOC1(OCC)NC(=N)c2cc([N+](=O)[O-])ccc21. The van der Waals surface area contributed by atoms with Crippen molar-refractivity contribution >= 4 is 11.5 Å². The molecule has 0 spiro atoms. The van der Waals surface area contributed by atoms with Crippen molar-refractivity contribution in [2.45, 2.75) is 19.8 Å². The van der Waals surface area contributed by atoms with Crippen LogP contribution in [0, 0.1) is 15.5 Å². The summed E-state index contributed by atoms with van der Waals surface area (Å²) in [4.78, 5) is 10.3. The topological polar surface area (TPSA) is 97.5 Å². The van der Waals surface area contributed by atoms with E-state index >= 15 is 0 Å². The lowest BCUT2D eigenvalue weighted by Crippen LogP contribution is -2.44. The predicted molar refractivity (Wildman–Crippen MR) is 68.0 cm³/mol. The van der Waals surface area contributed by atoms with E-state index in [1.165, 1.54) is 12.1 Å². The molecule has 0 aliphatic carbocycles. The van der Waals surface area contributed by atoms with Gasteiger partial charge in [-0.15, -0.1) is 0 Å². The van der Waals surface area contributed by atoms with Gasteiger partial charge in [-0.3, -0.25) is 15.5 Å². The minimum absolute atomic E-state index is 0.0561. The molecule has 7 heteroatoms. The molecule has 19 heavy (non-hydrogen) atoms. The van der Waals surface area contributed by atoms with Crippen molar-refractivity contribution in [3.05, 3.63) is 39.4 Å². The first-order chi connectivity index (χ1) is 9.04. The van der Waals surface area contributed by atoms with Gasteiger partial charge >= 0.3 is 0 Å². The van der Waals surface area contributed by atoms with Crippen LogP contribution in [0.25, 0.3) is 0 Å². The van der Waals surface area contributed by atoms with Crippen molar-refractivity contribution in [1.82, 2.24) is 5.32 Å². The Hall–Kier alpha value is -1.99. The highest BCUT2D eigenvalue weighted by Crippen LogP contribution is 2.35. The van der Waals surface area contributed by atoms with E-state index in [-0.39, 0.29) is 11.5 Å². The van der Waals surface area contributed by atoms with Crippen LogP contribution in [0.3, 0.4) is 0 Å². The number of non-ortho nitro benzene ring substituents is 1. The maximum atomic E-state index is 10.8. The summed E-state index contributed by atoms with van der Waals surface area (Å²) in [5.41, 5.74) is 0.956. The second-order valence-corrected chi connectivity index (χ2v) is 3.97. The number of fused-ring (bicyclic) bond motifs is 1. The van der Waals surface area contributed by atoms with Gasteiger partial charge in [-0.2, -0.15) is 0 Å². The summed E-state index contributed by atoms with van der Waals surface area (Å²) < 4.78 is 11.2. The van der Waals surface area contributed by atoms with Crippen LogP contribution in [0.4, 0.5) is 5.69 Å². The van der Waals surface area contributed by atoms with Crippen molar-refractivity contribution in [2.75, 3.05) is 13.2 Å². The average molecular weight is 265 g/mol. The Kier molecular flexibility index (Phi) is 3.50. The largest absolute Gasteiger partial charge is 0.329 e. The molecule has 0 aromatic heterocycles. The molecule has 0 unspecified atom stereocenters. The highest BCUT2D eigenvalue weighted by atomic mass is 16.7. The molecule has 0 saturated carbocycles. The van der Waals surface area contributed by atoms with E-state index in [1.807, 2.05) is 13.8 Å². The molecule has 0 fully saturated rings. The van der Waals surface area contributed by atoms with E-state index < -0.39 is 10.8 Å². The monoisotopic (exact) mass is 265 g/mol. The maximum absolute atomic E-state index is 10.8. The number of hydrogen-bond donors (Lipinski definition) is 2. The summed E-state index contributed by atoms with van der Waals surface area (Å²) in [7, 11) is 0. The first kappa shape index (κ1) is 13.4. The Balaban J connectivity index is 2.51. The lowest BCUT2D eigenvalue weighted by molar-refractivity contribution is -0.384. The molecule has 1 aliphatic heterocycles. The van der Waals surface area contributed by atoms with E-state index in [1.54, 1.807) is 6.07 Å². The lowest BCUT2D eigenvalue weighted by atomic mass is 10.1. The smallest absolute Gasteiger partial charge is 0.279 e. The van der Waals surface area contributed by atoms with Crippen LogP contribution >= 0.6 is 0 Å². The number of ether oxygens (including phenoxy) is 2. The Morgan fingerprint density at radius 3 is 2.53 bits per heavy atom. The Morgan fingerprint density at radius 1 is 1.37 bits per heavy atom. The Bertz CT molecular complexity index is 524. The molecule has 0 amide bonds. The van der Waals surface area contributed by atoms with E-state index in [0.29, 0.717) is 24.3 Å². The van der Waals surface area contributed by atoms with Gasteiger partial charge in [0.05, 0.1) is 4.92 Å². The van der Waals surface area contributed by atoms with Crippen LogP contribution in [0.15, 0.2) is 18.2 Å². The Labute approximate surface area is 110 Å². The number of nitro groups is 1. The second-order valence-electron chi connectivity index (χ2n) is 3.97. The summed E-state index contributed by atoms with van der Waals surface area (Å²) in [5.74, 6) is -1.16. The summed E-state index contributed by atoms with van der Waals surface area (Å²) >= 11 is 0. The van der Waals surface area contributed by atoms with Crippen LogP contribution in [-0.2, 0) is 15.4 Å². The van der Waals surface area contributed by atoms with Gasteiger partial charge < -0.3 is 14.8 Å². The Morgan fingerprint density at radius 2 is 2.00 bits per heavy atom. The molecular formula is C12H15N3O4. The molecule has 2 rings (SSSR count). The number of nitrogens with zero attached hydrogens (tertiary/aromatic N) is 1. The first-order valence-electron chi connectivity index (χ1n) is 5.98. The number of rotatable bonds is 5. The zero-order valence-electron chi connectivity index (χ0n) is 10.7. The number of hydrogen-bond acceptors (Lipinski definition) is 5. The van der Waals surface area contributed by atoms with Crippen molar-refractivity contribution in [3.63, 3.8) is 0 Å². The molecule has 2 N–H and O–H groups in total. The van der Waals surface area contributed by atoms with E-state index in [0.717, 1.165) is 0 Å². The van der Waals surface area contributed by atoms with Crippen molar-refractivity contribution in [2.24, 2.45) is 0 Å². The number of nitro benzene ring substituents is 1. The summed E-state index contributed by atoms with van der Waals surface area (Å²) in [5, 5.41) is 21.5. The molecular weight excluding hydrogens is 250 g/mol. The van der Waals surface area contributed by atoms with Crippen LogP contribution in [0.5, 0.6) is 0 Å². The number of nitrogens with one attached hydrogen (secondary N) is 2. The molecule has 7 nitrogen and oxygen atoms in total. The molecule has 0 bridgehead atoms. The van der Waals surface area contributed by atoms with Gasteiger partial charge in [-0.05, 0) is 19.9 Å². The third-order valence-electron chi connectivity index (χ3n) is 2.82. The summed E-state index contributed by atoms with van der Waals surface area (Å²) in [6.07, 6.45) is 0. The van der Waals surface area contributed by atoms with Crippen molar-refractivity contribution in [3.8, 4) is 0 Å². The molecule has 1 aromatic rings. The zero-order valence-corrected chi connectivity index (χ0v) is 10.7. The fourth-order valence-corrected chi connectivity index (χ4v) is 2.11. The molecule has 1 heterocycles. The van der Waals surface area contributed by atoms with Gasteiger partial charge in [0.1, 0.15) is 5.84 Å². The van der Waals surface area contributed by atoms with Crippen LogP contribution in [0.2, 0.25) is 0 Å². The molecule has 0 radical (unpaired) electrons. The van der Waals surface area contributed by atoms with Gasteiger partial charge in [-0.1, -0.05) is 0 Å². The molecule has 0 saturated heterocycles. The van der Waals surface area contributed by atoms with Crippen LogP contribution in [-0.4, -0.2) is 24.0 Å². The van der Waals surface area contributed by atoms with Gasteiger partial charge in [0.15, 0.2) is 0 Å². The molecule has 0 atom stereocenters. The third kappa shape index (κ3) is 2.18. The van der Waals surface area contributed by atoms with Crippen molar-refractivity contribution < 1.29 is 14.4 Å². The quantitative estimate of drug-likeness (QED) is 0.480. The normalized spacial score (nSPS) is 16.0. The second kappa shape index (κ2) is 4.94. The minimum Gasteiger partial charge on any atom is -0.329 e. The third-order valence-corrected chi connectivity index (χ3v) is 2.82. The standard InChI is InChI=1S/C12H15N3O4/c1-3-18-12(19-4-2)10-6-5-8(15(16)17)7-9(10)11(13)14-12/h5-7H,3-4H2,1-2H3,(H2,13,14). The number of amidine groups is 1. The summed E-state index contributed by atoms with van der Waals surface area (Å²) in [6, 6.07) is 4.30. The number of benzene rings is 1. The van der Waals surface area contributed by atoms with Crippen LogP contribution < -0.4 is 5.32 Å². The molecule has 1 aliphatic rings. The van der Waals surface area contributed by atoms with E-state index in [4.69, 9.17) is 14.9 Å². The maximum Gasteiger partial charge on any atom is 0.279 e.